The molecule has 106 valence electrons. The smallest absolute Gasteiger partial charge is 0.146 e. The minimum atomic E-state index is 0.161. The minimum Gasteiger partial charge on any atom is -0.298 e. The fraction of sp³-hybridized carbons (Fsp3) is 0.278. The van der Waals surface area contributed by atoms with Crippen molar-refractivity contribution in [3.05, 3.63) is 53.1 Å². The van der Waals surface area contributed by atoms with Crippen LogP contribution in [0.4, 0.5) is 0 Å². The van der Waals surface area contributed by atoms with Crippen molar-refractivity contribution in [2.24, 2.45) is 0 Å². The van der Waals surface area contributed by atoms with Gasteiger partial charge in [-0.3, -0.25) is 4.79 Å². The second-order valence-corrected chi connectivity index (χ2v) is 7.38. The number of thioether (sulfide) groups is 1. The van der Waals surface area contributed by atoms with E-state index in [4.69, 9.17) is 11.6 Å². The van der Waals surface area contributed by atoms with Gasteiger partial charge < -0.3 is 0 Å². The van der Waals surface area contributed by atoms with E-state index < -0.39 is 0 Å². The Balaban J connectivity index is 1.74. The highest BCUT2D eigenvalue weighted by molar-refractivity contribution is 8.01. The molecule has 1 nitrogen and oxygen atoms in total. The Bertz CT molecular complexity index is 708. The van der Waals surface area contributed by atoms with Gasteiger partial charge in [0.1, 0.15) is 5.78 Å². The SMILES string of the molecule is O=C1CCC[C@H]2c3cc(-c4ccc(Cl)cc4)ccc3S[C@H]12. The number of Topliss-reactive ketones (excluding diaryl/α,β-unsaturated/α-hetero) is 1. The number of halogens is 1. The predicted octanol–water partition coefficient (Wildman–Crippen LogP) is 5.32. The number of benzene rings is 2. The molecule has 1 aliphatic carbocycles. The van der Waals surface area contributed by atoms with Crippen molar-refractivity contribution in [2.75, 3.05) is 0 Å². The Kier molecular flexibility index (Phi) is 3.31. The van der Waals surface area contributed by atoms with E-state index in [0.717, 1.165) is 24.3 Å². The van der Waals surface area contributed by atoms with Gasteiger partial charge in [0.05, 0.1) is 5.25 Å². The molecule has 0 amide bonds. The van der Waals surface area contributed by atoms with Gasteiger partial charge in [0, 0.05) is 22.3 Å². The lowest BCUT2D eigenvalue weighted by Gasteiger charge is -2.23. The summed E-state index contributed by atoms with van der Waals surface area (Å²) in [5, 5.41) is 0.919. The molecule has 0 N–H and O–H groups in total. The lowest BCUT2D eigenvalue weighted by atomic mass is 9.82. The van der Waals surface area contributed by atoms with E-state index in [1.165, 1.54) is 21.6 Å². The third-order valence-electron chi connectivity index (χ3n) is 4.46. The fourth-order valence-corrected chi connectivity index (χ4v) is 4.97. The molecule has 2 aliphatic rings. The molecule has 1 saturated carbocycles. The van der Waals surface area contributed by atoms with Crippen LogP contribution in [0.5, 0.6) is 0 Å². The molecule has 0 spiro atoms. The molecule has 0 aromatic heterocycles. The maximum absolute atomic E-state index is 12.1. The van der Waals surface area contributed by atoms with Crippen LogP contribution >= 0.6 is 23.4 Å². The molecule has 3 heteroatoms. The third kappa shape index (κ3) is 2.31. The molecule has 0 unspecified atom stereocenters. The lowest BCUT2D eigenvalue weighted by Crippen LogP contribution is -2.25. The number of ketones is 1. The standard InChI is InChI=1S/C18H15ClOS/c19-13-7-4-11(5-8-13)12-6-9-17-15(10-12)14-2-1-3-16(20)18(14)21-17/h4-10,14,18H,1-3H2/t14-,18-/m0/s1. The summed E-state index contributed by atoms with van der Waals surface area (Å²) in [7, 11) is 0. The Hall–Kier alpha value is -1.25. The van der Waals surface area contributed by atoms with Crippen molar-refractivity contribution in [2.45, 2.75) is 35.3 Å². The van der Waals surface area contributed by atoms with Gasteiger partial charge in [-0.1, -0.05) is 29.8 Å². The van der Waals surface area contributed by atoms with Crippen LogP contribution in [0.25, 0.3) is 11.1 Å². The zero-order valence-electron chi connectivity index (χ0n) is 11.5. The number of rotatable bonds is 1. The molecule has 21 heavy (non-hydrogen) atoms. The summed E-state index contributed by atoms with van der Waals surface area (Å²) in [5.74, 6) is 0.846. The summed E-state index contributed by atoms with van der Waals surface area (Å²) >= 11 is 7.72. The second-order valence-electron chi connectivity index (χ2n) is 5.76. The maximum atomic E-state index is 12.1. The molecule has 1 aliphatic heterocycles. The summed E-state index contributed by atoms with van der Waals surface area (Å²) < 4.78 is 0. The zero-order valence-corrected chi connectivity index (χ0v) is 13.1. The highest BCUT2D eigenvalue weighted by atomic mass is 35.5. The van der Waals surface area contributed by atoms with Gasteiger partial charge in [-0.15, -0.1) is 11.8 Å². The molecule has 2 aromatic rings. The van der Waals surface area contributed by atoms with Crippen LogP contribution in [-0.2, 0) is 4.79 Å². The summed E-state index contributed by atoms with van der Waals surface area (Å²) in [4.78, 5) is 13.4. The van der Waals surface area contributed by atoms with E-state index in [-0.39, 0.29) is 5.25 Å². The molecule has 0 bridgehead atoms. The van der Waals surface area contributed by atoms with Gasteiger partial charge in [0.15, 0.2) is 0 Å². The number of carbonyl (C=O) groups excluding carboxylic acids is 1. The number of hydrogen-bond acceptors (Lipinski definition) is 2. The highest BCUT2D eigenvalue weighted by Crippen LogP contribution is 2.51. The maximum Gasteiger partial charge on any atom is 0.146 e. The Morgan fingerprint density at radius 1 is 1.05 bits per heavy atom. The predicted molar refractivity (Wildman–Crippen MR) is 88.1 cm³/mol. The number of fused-ring (bicyclic) bond motifs is 3. The van der Waals surface area contributed by atoms with E-state index in [2.05, 4.69) is 30.3 Å². The number of carbonyl (C=O) groups is 1. The van der Waals surface area contributed by atoms with E-state index in [0.29, 0.717) is 11.7 Å². The van der Waals surface area contributed by atoms with Crippen LogP contribution in [0.1, 0.15) is 30.7 Å². The second kappa shape index (κ2) is 5.19. The van der Waals surface area contributed by atoms with Crippen LogP contribution in [-0.4, -0.2) is 11.0 Å². The Labute approximate surface area is 133 Å². The van der Waals surface area contributed by atoms with Crippen LogP contribution in [0.15, 0.2) is 47.4 Å². The highest BCUT2D eigenvalue weighted by Gasteiger charge is 2.40. The van der Waals surface area contributed by atoms with Gasteiger partial charge in [-0.25, -0.2) is 0 Å². The number of hydrogen-bond donors (Lipinski definition) is 0. The van der Waals surface area contributed by atoms with E-state index in [1.807, 2.05) is 12.1 Å². The van der Waals surface area contributed by atoms with E-state index in [9.17, 15) is 4.79 Å². The monoisotopic (exact) mass is 314 g/mol. The first kappa shape index (κ1) is 13.4. The Morgan fingerprint density at radius 2 is 1.81 bits per heavy atom. The fourth-order valence-electron chi connectivity index (χ4n) is 3.38. The normalized spacial score (nSPS) is 23.8. The van der Waals surface area contributed by atoms with E-state index >= 15 is 0 Å². The summed E-state index contributed by atoms with van der Waals surface area (Å²) in [6.07, 6.45) is 2.93. The average molecular weight is 315 g/mol. The molecule has 2 atom stereocenters. The van der Waals surface area contributed by atoms with Gasteiger partial charge in [-0.05, 0) is 53.8 Å². The summed E-state index contributed by atoms with van der Waals surface area (Å²) in [6.45, 7) is 0. The van der Waals surface area contributed by atoms with Crippen molar-refractivity contribution < 1.29 is 4.79 Å². The van der Waals surface area contributed by atoms with Gasteiger partial charge in [0.2, 0.25) is 0 Å². The van der Waals surface area contributed by atoms with Crippen LogP contribution in [0.2, 0.25) is 5.02 Å². The van der Waals surface area contributed by atoms with Crippen LogP contribution < -0.4 is 0 Å². The molecule has 1 heterocycles. The molecule has 0 saturated heterocycles. The average Bonchev–Trinajstić information content (AvgIpc) is 2.87. The molecule has 0 radical (unpaired) electrons. The first-order valence-electron chi connectivity index (χ1n) is 7.31. The third-order valence-corrected chi connectivity index (χ3v) is 6.18. The Morgan fingerprint density at radius 3 is 2.62 bits per heavy atom. The lowest BCUT2D eigenvalue weighted by molar-refractivity contribution is -0.120. The summed E-state index contributed by atoms with van der Waals surface area (Å²) in [6, 6.07) is 14.5. The van der Waals surface area contributed by atoms with Gasteiger partial charge >= 0.3 is 0 Å². The van der Waals surface area contributed by atoms with Crippen molar-refractivity contribution >= 4 is 29.1 Å². The van der Waals surface area contributed by atoms with Gasteiger partial charge in [0.25, 0.3) is 0 Å². The first-order chi connectivity index (χ1) is 10.2. The first-order valence-corrected chi connectivity index (χ1v) is 8.57. The van der Waals surface area contributed by atoms with Crippen molar-refractivity contribution in [3.63, 3.8) is 0 Å². The van der Waals surface area contributed by atoms with Crippen molar-refractivity contribution in [1.29, 1.82) is 0 Å². The quantitative estimate of drug-likeness (QED) is 0.708. The van der Waals surface area contributed by atoms with Crippen molar-refractivity contribution in [3.8, 4) is 11.1 Å². The molecular formula is C18H15ClOS. The molecule has 4 rings (SSSR count). The van der Waals surface area contributed by atoms with Crippen LogP contribution in [0.3, 0.4) is 0 Å². The molecular weight excluding hydrogens is 300 g/mol. The minimum absolute atomic E-state index is 0.161. The van der Waals surface area contributed by atoms with Crippen LogP contribution in [0, 0.1) is 0 Å². The zero-order chi connectivity index (χ0) is 14.4. The van der Waals surface area contributed by atoms with Crippen molar-refractivity contribution in [1.82, 2.24) is 0 Å². The van der Waals surface area contributed by atoms with Gasteiger partial charge in [-0.2, -0.15) is 0 Å². The topological polar surface area (TPSA) is 17.1 Å². The largest absolute Gasteiger partial charge is 0.298 e. The summed E-state index contributed by atoms with van der Waals surface area (Å²) in [5.41, 5.74) is 3.76. The molecule has 1 fully saturated rings. The van der Waals surface area contributed by atoms with E-state index in [1.54, 1.807) is 11.8 Å². The molecule has 2 aromatic carbocycles.